The summed E-state index contributed by atoms with van der Waals surface area (Å²) in [5.41, 5.74) is -1.17. The summed E-state index contributed by atoms with van der Waals surface area (Å²) in [5, 5.41) is 8.82. The van der Waals surface area contributed by atoms with Crippen LogP contribution in [0.4, 0.5) is 17.6 Å². The summed E-state index contributed by atoms with van der Waals surface area (Å²) in [4.78, 5) is 10.9. The van der Waals surface area contributed by atoms with Crippen LogP contribution < -0.4 is 0 Å². The first-order valence-electron chi connectivity index (χ1n) is 5.90. The van der Waals surface area contributed by atoms with Gasteiger partial charge in [-0.1, -0.05) is 12.1 Å². The molecule has 0 unspecified atom stereocenters. The minimum Gasteiger partial charge on any atom is -0.478 e. The van der Waals surface area contributed by atoms with E-state index in [2.05, 4.69) is 0 Å². The van der Waals surface area contributed by atoms with Gasteiger partial charge in [0.25, 0.3) is 0 Å². The normalized spacial score (nSPS) is 11.5. The maximum Gasteiger partial charge on any atom is 0.417 e. The molecule has 0 aliphatic heterocycles. The summed E-state index contributed by atoms with van der Waals surface area (Å²) in [5.74, 6) is -2.23. The summed E-state index contributed by atoms with van der Waals surface area (Å²) < 4.78 is 52.1. The van der Waals surface area contributed by atoms with Crippen molar-refractivity contribution >= 4 is 5.97 Å². The Kier molecular flexibility index (Phi) is 3.72. The van der Waals surface area contributed by atoms with Gasteiger partial charge in [0.2, 0.25) is 0 Å². The molecule has 2 aromatic rings. The van der Waals surface area contributed by atoms with Gasteiger partial charge in [0, 0.05) is 0 Å². The van der Waals surface area contributed by atoms with E-state index < -0.39 is 29.1 Å². The van der Waals surface area contributed by atoms with Gasteiger partial charge in [-0.3, -0.25) is 0 Å². The van der Waals surface area contributed by atoms with Crippen LogP contribution in [0.25, 0.3) is 11.1 Å². The van der Waals surface area contributed by atoms with Crippen LogP contribution in [0.1, 0.15) is 21.5 Å². The molecular formula is C15H10F4O2. The second-order valence-corrected chi connectivity index (χ2v) is 4.58. The molecule has 0 saturated carbocycles. The quantitative estimate of drug-likeness (QED) is 0.828. The Labute approximate surface area is 117 Å². The molecule has 0 heterocycles. The van der Waals surface area contributed by atoms with Gasteiger partial charge in [0.05, 0.1) is 11.1 Å². The first-order valence-corrected chi connectivity index (χ1v) is 5.90. The zero-order chi connectivity index (χ0) is 15.8. The Balaban J connectivity index is 2.64. The third-order valence-electron chi connectivity index (χ3n) is 2.93. The van der Waals surface area contributed by atoms with E-state index in [0.29, 0.717) is 5.56 Å². The van der Waals surface area contributed by atoms with Crippen molar-refractivity contribution in [3.8, 4) is 11.1 Å². The molecule has 0 aromatic heterocycles. The van der Waals surface area contributed by atoms with Crippen molar-refractivity contribution < 1.29 is 27.5 Å². The van der Waals surface area contributed by atoms with Gasteiger partial charge in [-0.2, -0.15) is 13.2 Å². The summed E-state index contributed by atoms with van der Waals surface area (Å²) in [7, 11) is 0. The number of aromatic carboxylic acids is 1. The monoisotopic (exact) mass is 298 g/mol. The maximum atomic E-state index is 13.3. The van der Waals surface area contributed by atoms with Crippen LogP contribution in [0.2, 0.25) is 0 Å². The molecule has 0 saturated heterocycles. The summed E-state index contributed by atoms with van der Waals surface area (Å²) in [6.45, 7) is 1.61. The van der Waals surface area contributed by atoms with Gasteiger partial charge in [-0.05, 0) is 47.9 Å². The van der Waals surface area contributed by atoms with E-state index in [9.17, 15) is 22.4 Å². The minimum atomic E-state index is -4.80. The highest BCUT2D eigenvalue weighted by Crippen LogP contribution is 2.35. The molecule has 0 aliphatic carbocycles. The lowest BCUT2D eigenvalue weighted by Gasteiger charge is -2.12. The van der Waals surface area contributed by atoms with Crippen LogP contribution in [0.15, 0.2) is 36.4 Å². The number of hydrogen-bond acceptors (Lipinski definition) is 1. The standard InChI is InChI=1S/C15H10F4O2/c1-8-4-10(6-11(16)5-8)9-2-3-12(14(20)21)13(7-9)15(17,18)19/h2-7H,1H3,(H,20,21). The van der Waals surface area contributed by atoms with Gasteiger partial charge < -0.3 is 5.11 Å². The SMILES string of the molecule is Cc1cc(F)cc(-c2ccc(C(=O)O)c(C(F)(F)F)c2)c1. The van der Waals surface area contributed by atoms with Crippen molar-refractivity contribution in [3.05, 3.63) is 58.9 Å². The average molecular weight is 298 g/mol. The summed E-state index contributed by atoms with van der Waals surface area (Å²) in [6.07, 6.45) is -4.80. The molecule has 0 radical (unpaired) electrons. The highest BCUT2D eigenvalue weighted by atomic mass is 19.4. The Morgan fingerprint density at radius 3 is 2.24 bits per heavy atom. The minimum absolute atomic E-state index is 0.106. The molecule has 2 aromatic carbocycles. The van der Waals surface area contributed by atoms with E-state index in [0.717, 1.165) is 18.2 Å². The predicted octanol–water partition coefficient (Wildman–Crippen LogP) is 4.52. The largest absolute Gasteiger partial charge is 0.478 e. The lowest BCUT2D eigenvalue weighted by molar-refractivity contribution is -0.138. The van der Waals surface area contributed by atoms with Crippen LogP contribution in [-0.2, 0) is 6.18 Å². The average Bonchev–Trinajstić information content (AvgIpc) is 2.35. The fourth-order valence-electron chi connectivity index (χ4n) is 2.05. The number of carboxylic acid groups (broad SMARTS) is 1. The van der Waals surface area contributed by atoms with E-state index in [1.807, 2.05) is 0 Å². The smallest absolute Gasteiger partial charge is 0.417 e. The molecule has 1 N–H and O–H groups in total. The topological polar surface area (TPSA) is 37.3 Å². The number of halogens is 4. The van der Waals surface area contributed by atoms with Crippen LogP contribution in [0.3, 0.4) is 0 Å². The molecule has 0 spiro atoms. The zero-order valence-electron chi connectivity index (χ0n) is 10.8. The Hall–Kier alpha value is -2.37. The zero-order valence-corrected chi connectivity index (χ0v) is 10.8. The molecule has 110 valence electrons. The number of carbonyl (C=O) groups is 1. The molecule has 6 heteroatoms. The first-order chi connectivity index (χ1) is 9.68. The van der Waals surface area contributed by atoms with Crippen molar-refractivity contribution in [1.82, 2.24) is 0 Å². The number of hydrogen-bond donors (Lipinski definition) is 1. The molecule has 0 atom stereocenters. The lowest BCUT2D eigenvalue weighted by Crippen LogP contribution is -2.13. The highest BCUT2D eigenvalue weighted by Gasteiger charge is 2.35. The van der Waals surface area contributed by atoms with Crippen molar-refractivity contribution in [2.24, 2.45) is 0 Å². The van der Waals surface area contributed by atoms with E-state index in [1.165, 1.54) is 18.2 Å². The van der Waals surface area contributed by atoms with Crippen molar-refractivity contribution in [1.29, 1.82) is 0 Å². The predicted molar refractivity (Wildman–Crippen MR) is 68.5 cm³/mol. The van der Waals surface area contributed by atoms with Crippen LogP contribution in [0, 0.1) is 12.7 Å². The third-order valence-corrected chi connectivity index (χ3v) is 2.93. The molecule has 0 amide bonds. The van der Waals surface area contributed by atoms with Gasteiger partial charge in [0.1, 0.15) is 5.82 Å². The van der Waals surface area contributed by atoms with Gasteiger partial charge in [-0.25, -0.2) is 9.18 Å². The van der Waals surface area contributed by atoms with Crippen LogP contribution in [-0.4, -0.2) is 11.1 Å². The number of benzene rings is 2. The number of rotatable bonds is 2. The number of alkyl halides is 3. The first kappa shape index (κ1) is 15.0. The van der Waals surface area contributed by atoms with Crippen molar-refractivity contribution in [2.75, 3.05) is 0 Å². The van der Waals surface area contributed by atoms with E-state index in [-0.39, 0.29) is 11.1 Å². The van der Waals surface area contributed by atoms with E-state index >= 15 is 0 Å². The molecule has 2 rings (SSSR count). The Bertz CT molecular complexity index is 685. The van der Waals surface area contributed by atoms with E-state index in [1.54, 1.807) is 6.92 Å². The third kappa shape index (κ3) is 3.21. The Morgan fingerprint density at radius 2 is 1.71 bits per heavy atom. The summed E-state index contributed by atoms with van der Waals surface area (Å²) >= 11 is 0. The number of carboxylic acids is 1. The molecule has 0 aliphatic rings. The lowest BCUT2D eigenvalue weighted by atomic mass is 9.97. The van der Waals surface area contributed by atoms with Crippen LogP contribution >= 0.6 is 0 Å². The molecule has 21 heavy (non-hydrogen) atoms. The van der Waals surface area contributed by atoms with Crippen molar-refractivity contribution in [2.45, 2.75) is 13.1 Å². The van der Waals surface area contributed by atoms with E-state index in [4.69, 9.17) is 5.11 Å². The fraction of sp³-hybridized carbons (Fsp3) is 0.133. The molecule has 2 nitrogen and oxygen atoms in total. The second kappa shape index (κ2) is 5.20. The maximum absolute atomic E-state index is 13.3. The van der Waals surface area contributed by atoms with Crippen LogP contribution in [0.5, 0.6) is 0 Å². The second-order valence-electron chi connectivity index (χ2n) is 4.58. The van der Waals surface area contributed by atoms with Gasteiger partial charge >= 0.3 is 12.1 Å². The fourth-order valence-corrected chi connectivity index (χ4v) is 2.05. The van der Waals surface area contributed by atoms with Gasteiger partial charge in [0.15, 0.2) is 0 Å². The van der Waals surface area contributed by atoms with Gasteiger partial charge in [-0.15, -0.1) is 0 Å². The molecule has 0 bridgehead atoms. The molecular weight excluding hydrogens is 288 g/mol. The van der Waals surface area contributed by atoms with Crippen molar-refractivity contribution in [3.63, 3.8) is 0 Å². The number of aryl methyl sites for hydroxylation is 1. The Morgan fingerprint density at radius 1 is 1.05 bits per heavy atom. The molecule has 0 fully saturated rings. The summed E-state index contributed by atoms with van der Waals surface area (Å²) in [6, 6.07) is 6.70. The highest BCUT2D eigenvalue weighted by molar-refractivity contribution is 5.90.